The second-order valence-electron chi connectivity index (χ2n) is 8.74. The van der Waals surface area contributed by atoms with E-state index in [0.29, 0.717) is 16.8 Å². The average molecular weight is 519 g/mol. The maximum atomic E-state index is 15.0. The van der Waals surface area contributed by atoms with Crippen molar-refractivity contribution in [2.24, 2.45) is 0 Å². The Morgan fingerprint density at radius 1 is 1.22 bits per heavy atom. The molecule has 1 fully saturated rings. The molecule has 4 rings (SSSR count). The van der Waals surface area contributed by atoms with Crippen LogP contribution in [0.3, 0.4) is 0 Å². The van der Waals surface area contributed by atoms with Crippen molar-refractivity contribution in [1.29, 1.82) is 5.26 Å². The molecular weight excluding hydrogens is 491 g/mol. The average Bonchev–Trinajstić information content (AvgIpc) is 3.28. The minimum Gasteiger partial charge on any atom is -0.442 e. The smallest absolute Gasteiger partial charge is 0.414 e. The van der Waals surface area contributed by atoms with Crippen LogP contribution in [0, 0.1) is 17.1 Å². The van der Waals surface area contributed by atoms with Crippen LogP contribution in [0.2, 0.25) is 0 Å². The predicted octanol–water partition coefficient (Wildman–Crippen LogP) is 5.12. The maximum absolute atomic E-state index is 15.0. The molecule has 0 unspecified atom stereocenters. The normalized spacial score (nSPS) is 14.8. The van der Waals surface area contributed by atoms with Gasteiger partial charge in [-0.1, -0.05) is 24.3 Å². The second-order valence-corrected chi connectivity index (χ2v) is 9.53. The Balaban J connectivity index is 1.36. The van der Waals surface area contributed by atoms with Gasteiger partial charge in [0.15, 0.2) is 0 Å². The van der Waals surface area contributed by atoms with Crippen molar-refractivity contribution < 1.29 is 18.7 Å². The fourth-order valence-electron chi connectivity index (χ4n) is 4.19. The van der Waals surface area contributed by atoms with Gasteiger partial charge < -0.3 is 10.1 Å². The van der Waals surface area contributed by atoms with Crippen molar-refractivity contribution in [3.05, 3.63) is 77.2 Å². The van der Waals surface area contributed by atoms with Gasteiger partial charge in [-0.2, -0.15) is 5.26 Å². The van der Waals surface area contributed by atoms with Crippen molar-refractivity contribution in [3.8, 4) is 17.2 Å². The zero-order valence-corrected chi connectivity index (χ0v) is 21.5. The SMILES string of the molecule is CSc1nc(CCCc2ccc(-c3ccc(N4C[C@H](CNC(C)=O)OC4=O)cc3F)cc2)ccc1C#N. The molecule has 37 heavy (non-hydrogen) atoms. The summed E-state index contributed by atoms with van der Waals surface area (Å²) in [5.41, 5.74) is 4.31. The zero-order valence-electron chi connectivity index (χ0n) is 20.7. The number of anilines is 1. The Labute approximate surface area is 219 Å². The number of thioether (sulfide) groups is 1. The molecule has 1 N–H and O–H groups in total. The second kappa shape index (κ2) is 11.9. The third kappa shape index (κ3) is 6.46. The summed E-state index contributed by atoms with van der Waals surface area (Å²) < 4.78 is 20.3. The van der Waals surface area contributed by atoms with E-state index < -0.39 is 18.0 Å². The first-order valence-electron chi connectivity index (χ1n) is 11.9. The summed E-state index contributed by atoms with van der Waals surface area (Å²) in [7, 11) is 0. The number of nitrogens with one attached hydrogen (secondary N) is 1. The van der Waals surface area contributed by atoms with Crippen LogP contribution in [0.25, 0.3) is 11.1 Å². The molecular formula is C28H27FN4O3S. The van der Waals surface area contributed by atoms with Crippen molar-refractivity contribution in [2.45, 2.75) is 37.3 Å². The van der Waals surface area contributed by atoms with Crippen LogP contribution in [-0.2, 0) is 22.4 Å². The van der Waals surface area contributed by atoms with E-state index in [-0.39, 0.29) is 19.0 Å². The third-order valence-corrected chi connectivity index (χ3v) is 6.81. The van der Waals surface area contributed by atoms with Crippen LogP contribution >= 0.6 is 11.8 Å². The highest BCUT2D eigenvalue weighted by molar-refractivity contribution is 7.98. The highest BCUT2D eigenvalue weighted by Crippen LogP contribution is 2.29. The van der Waals surface area contributed by atoms with Crippen molar-refractivity contribution in [3.63, 3.8) is 0 Å². The van der Waals surface area contributed by atoms with Crippen LogP contribution in [0.5, 0.6) is 0 Å². The molecule has 1 aromatic heterocycles. The Hall–Kier alpha value is -3.90. The molecule has 0 bridgehead atoms. The lowest BCUT2D eigenvalue weighted by atomic mass is 10.0. The first kappa shape index (κ1) is 26.2. The van der Waals surface area contributed by atoms with Gasteiger partial charge in [0.1, 0.15) is 23.0 Å². The topological polar surface area (TPSA) is 95.3 Å². The fraction of sp³-hybridized carbons (Fsp3) is 0.286. The van der Waals surface area contributed by atoms with Gasteiger partial charge in [0.2, 0.25) is 5.91 Å². The number of carbonyl (C=O) groups excluding carboxylic acids is 2. The predicted molar refractivity (Wildman–Crippen MR) is 141 cm³/mol. The number of hydrogen-bond acceptors (Lipinski definition) is 6. The van der Waals surface area contributed by atoms with E-state index in [2.05, 4.69) is 16.4 Å². The number of hydrogen-bond donors (Lipinski definition) is 1. The molecule has 0 aliphatic carbocycles. The number of pyridine rings is 1. The summed E-state index contributed by atoms with van der Waals surface area (Å²) in [6.07, 6.45) is 3.44. The molecule has 2 amide bonds. The number of aryl methyl sites for hydroxylation is 2. The molecule has 1 aliphatic heterocycles. The number of nitriles is 1. The molecule has 2 heterocycles. The largest absolute Gasteiger partial charge is 0.442 e. The van der Waals surface area contributed by atoms with E-state index in [1.54, 1.807) is 12.1 Å². The highest BCUT2D eigenvalue weighted by atomic mass is 32.2. The highest BCUT2D eigenvalue weighted by Gasteiger charge is 2.32. The van der Waals surface area contributed by atoms with E-state index in [9.17, 15) is 9.59 Å². The molecule has 1 atom stereocenters. The van der Waals surface area contributed by atoms with Crippen LogP contribution in [0.1, 0.15) is 30.2 Å². The number of cyclic esters (lactones) is 1. The van der Waals surface area contributed by atoms with E-state index >= 15 is 4.39 Å². The van der Waals surface area contributed by atoms with Crippen molar-refractivity contribution in [1.82, 2.24) is 10.3 Å². The number of aromatic nitrogens is 1. The lowest BCUT2D eigenvalue weighted by Gasteiger charge is -2.15. The Kier molecular flexibility index (Phi) is 8.41. The van der Waals surface area contributed by atoms with Crippen molar-refractivity contribution in [2.75, 3.05) is 24.2 Å². The number of nitrogens with zero attached hydrogens (tertiary/aromatic N) is 3. The van der Waals surface area contributed by atoms with Gasteiger partial charge in [-0.25, -0.2) is 14.2 Å². The minimum atomic E-state index is -0.562. The van der Waals surface area contributed by atoms with Crippen LogP contribution in [0.15, 0.2) is 59.6 Å². The summed E-state index contributed by atoms with van der Waals surface area (Å²) in [6.45, 7) is 1.85. The Morgan fingerprint density at radius 2 is 2.00 bits per heavy atom. The van der Waals surface area contributed by atoms with Crippen LogP contribution in [-0.4, -0.2) is 42.4 Å². The maximum Gasteiger partial charge on any atom is 0.414 e. The van der Waals surface area contributed by atoms with Crippen LogP contribution in [0.4, 0.5) is 14.9 Å². The number of rotatable bonds is 9. The molecule has 0 saturated carbocycles. The fourth-order valence-corrected chi connectivity index (χ4v) is 4.73. The molecule has 9 heteroatoms. The van der Waals surface area contributed by atoms with E-state index in [1.165, 1.54) is 29.7 Å². The summed E-state index contributed by atoms with van der Waals surface area (Å²) in [4.78, 5) is 29.3. The minimum absolute atomic E-state index is 0.205. The lowest BCUT2D eigenvalue weighted by molar-refractivity contribution is -0.119. The molecule has 0 spiro atoms. The van der Waals surface area contributed by atoms with E-state index in [1.807, 2.05) is 42.7 Å². The summed E-state index contributed by atoms with van der Waals surface area (Å²) in [5.74, 6) is -0.635. The lowest BCUT2D eigenvalue weighted by Crippen LogP contribution is -2.33. The number of amides is 2. The molecule has 1 aliphatic rings. The van der Waals surface area contributed by atoms with Gasteiger partial charge in [0.05, 0.1) is 24.3 Å². The molecule has 1 saturated heterocycles. The molecule has 3 aromatic rings. The zero-order chi connectivity index (χ0) is 26.4. The van der Waals surface area contributed by atoms with E-state index in [4.69, 9.17) is 10.00 Å². The molecule has 7 nitrogen and oxygen atoms in total. The molecule has 0 radical (unpaired) electrons. The first-order chi connectivity index (χ1) is 17.9. The number of carbonyl (C=O) groups is 2. The molecule has 2 aromatic carbocycles. The van der Waals surface area contributed by atoms with Gasteiger partial charge in [0, 0.05) is 18.2 Å². The third-order valence-electron chi connectivity index (χ3n) is 6.11. The molecule has 190 valence electrons. The number of ether oxygens (including phenoxy) is 1. The van der Waals surface area contributed by atoms with Gasteiger partial charge in [-0.15, -0.1) is 11.8 Å². The monoisotopic (exact) mass is 518 g/mol. The van der Waals surface area contributed by atoms with Gasteiger partial charge >= 0.3 is 6.09 Å². The standard InChI is InChI=1S/C28H27FN4O3S/c1-18(34)31-16-24-17-33(28(35)36-24)23-12-13-25(26(29)14-23)20-8-6-19(7-9-20)4-3-5-22-11-10-21(15-30)27(32-22)37-2/h6-14,24H,3-5,16-17H2,1-2H3,(H,31,34)/t24-/m0/s1. The van der Waals surface area contributed by atoms with Gasteiger partial charge in [-0.3, -0.25) is 9.69 Å². The number of benzene rings is 2. The first-order valence-corrected chi connectivity index (χ1v) is 13.2. The Bertz CT molecular complexity index is 1340. The quantitative estimate of drug-likeness (QED) is 0.395. The van der Waals surface area contributed by atoms with Gasteiger partial charge in [-0.05, 0) is 67.0 Å². The van der Waals surface area contributed by atoms with E-state index in [0.717, 1.165) is 41.1 Å². The summed E-state index contributed by atoms with van der Waals surface area (Å²) in [5, 5.41) is 12.5. The Morgan fingerprint density at radius 3 is 2.68 bits per heavy atom. The van der Waals surface area contributed by atoms with Crippen molar-refractivity contribution >= 4 is 29.4 Å². The van der Waals surface area contributed by atoms with Crippen LogP contribution < -0.4 is 10.2 Å². The summed E-state index contributed by atoms with van der Waals surface area (Å²) >= 11 is 1.47. The summed E-state index contributed by atoms with van der Waals surface area (Å²) in [6, 6.07) is 18.3. The number of halogens is 1. The van der Waals surface area contributed by atoms with Gasteiger partial charge in [0.25, 0.3) is 0 Å².